The molecular weight excluding hydrogens is 298 g/mol. The van der Waals surface area contributed by atoms with E-state index in [1.54, 1.807) is 6.92 Å². The van der Waals surface area contributed by atoms with Crippen molar-refractivity contribution in [2.45, 2.75) is 6.92 Å². The summed E-state index contributed by atoms with van der Waals surface area (Å²) >= 11 is 0. The zero-order chi connectivity index (χ0) is 16.5. The van der Waals surface area contributed by atoms with Gasteiger partial charge in [0.1, 0.15) is 6.67 Å². The van der Waals surface area contributed by atoms with Crippen LogP contribution in [-0.4, -0.2) is 47.7 Å². The van der Waals surface area contributed by atoms with E-state index in [2.05, 4.69) is 59.6 Å². The van der Waals surface area contributed by atoms with Crippen molar-refractivity contribution in [2.75, 3.05) is 26.3 Å². The highest BCUT2D eigenvalue weighted by atomic mass is 16.2. The van der Waals surface area contributed by atoms with Crippen LogP contribution in [0.5, 0.6) is 0 Å². The van der Waals surface area contributed by atoms with E-state index in [9.17, 15) is 4.79 Å². The quantitative estimate of drug-likeness (QED) is 0.872. The number of hydrogen-bond donors (Lipinski definition) is 0. The summed E-state index contributed by atoms with van der Waals surface area (Å²) in [4.78, 5) is 20.1. The molecule has 0 aliphatic carbocycles. The Labute approximate surface area is 142 Å². The monoisotopic (exact) mass is 319 g/mol. The van der Waals surface area contributed by atoms with E-state index >= 15 is 0 Å². The van der Waals surface area contributed by atoms with Gasteiger partial charge in [-0.15, -0.1) is 0 Å². The van der Waals surface area contributed by atoms with Gasteiger partial charge in [0.05, 0.1) is 5.71 Å². The molecule has 0 unspecified atom stereocenters. The van der Waals surface area contributed by atoms with E-state index in [0.717, 1.165) is 30.9 Å². The first kappa shape index (κ1) is 14.9. The zero-order valence-electron chi connectivity index (χ0n) is 13.9. The third-order valence-corrected chi connectivity index (χ3v) is 4.81. The first-order chi connectivity index (χ1) is 11.7. The number of aliphatic imine (C=N–C) groups is 1. The number of carbonyl (C=O) groups is 1. The molecule has 1 saturated heterocycles. The number of likely N-dealkylation sites (tertiary alicyclic amines) is 1. The number of allylic oxidation sites excluding steroid dienone is 1. The number of hydrogen-bond acceptors (Lipinski definition) is 3. The van der Waals surface area contributed by atoms with Crippen molar-refractivity contribution in [3.8, 4) is 0 Å². The number of nitrogens with zero attached hydrogens (tertiary/aromatic N) is 3. The number of amides is 1. The van der Waals surface area contributed by atoms with Crippen LogP contribution in [0.1, 0.15) is 12.5 Å². The van der Waals surface area contributed by atoms with E-state index < -0.39 is 0 Å². The Bertz CT molecular complexity index is 834. The molecule has 0 N–H and O–H groups in total. The van der Waals surface area contributed by atoms with Gasteiger partial charge in [-0.2, -0.15) is 0 Å². The van der Waals surface area contributed by atoms with Crippen molar-refractivity contribution in [3.05, 3.63) is 60.3 Å². The molecule has 2 aliphatic heterocycles. The van der Waals surface area contributed by atoms with Gasteiger partial charge in [-0.05, 0) is 22.9 Å². The molecule has 0 spiro atoms. The average Bonchev–Trinajstić information content (AvgIpc) is 2.57. The molecule has 1 amide bonds. The van der Waals surface area contributed by atoms with Crippen molar-refractivity contribution >= 4 is 22.4 Å². The summed E-state index contributed by atoms with van der Waals surface area (Å²) in [5.41, 5.74) is 2.20. The van der Waals surface area contributed by atoms with Gasteiger partial charge >= 0.3 is 0 Å². The SMILES string of the molecule is CC(=O)N1CC(CN2C=CC(c3ccc4ccccc4c3)=NC2)C1. The predicted molar refractivity (Wildman–Crippen MR) is 96.9 cm³/mol. The van der Waals surface area contributed by atoms with Crippen LogP contribution in [0, 0.1) is 5.92 Å². The molecule has 0 aromatic heterocycles. The van der Waals surface area contributed by atoms with Crippen LogP contribution in [0.15, 0.2) is 59.7 Å². The molecule has 24 heavy (non-hydrogen) atoms. The summed E-state index contributed by atoms with van der Waals surface area (Å²) in [5.74, 6) is 0.744. The second-order valence-electron chi connectivity index (χ2n) is 6.62. The van der Waals surface area contributed by atoms with Gasteiger partial charge in [0, 0.05) is 44.2 Å². The van der Waals surface area contributed by atoms with Crippen LogP contribution in [-0.2, 0) is 4.79 Å². The molecule has 122 valence electrons. The maximum Gasteiger partial charge on any atom is 0.219 e. The molecule has 4 rings (SSSR count). The number of fused-ring (bicyclic) bond motifs is 1. The van der Waals surface area contributed by atoms with Crippen molar-refractivity contribution in [2.24, 2.45) is 10.9 Å². The van der Waals surface area contributed by atoms with Crippen LogP contribution in [0.3, 0.4) is 0 Å². The molecule has 4 nitrogen and oxygen atoms in total. The molecule has 2 aromatic carbocycles. The van der Waals surface area contributed by atoms with Crippen LogP contribution < -0.4 is 0 Å². The van der Waals surface area contributed by atoms with Gasteiger partial charge in [-0.25, -0.2) is 0 Å². The number of rotatable bonds is 3. The highest BCUT2D eigenvalue weighted by Gasteiger charge is 2.29. The van der Waals surface area contributed by atoms with Crippen molar-refractivity contribution in [1.82, 2.24) is 9.80 Å². The Balaban J connectivity index is 1.39. The summed E-state index contributed by atoms with van der Waals surface area (Å²) in [6, 6.07) is 14.9. The van der Waals surface area contributed by atoms with Gasteiger partial charge in [0.2, 0.25) is 5.91 Å². The molecule has 0 saturated carbocycles. The van der Waals surface area contributed by atoms with Crippen LogP contribution >= 0.6 is 0 Å². The van der Waals surface area contributed by atoms with Gasteiger partial charge in [0.25, 0.3) is 0 Å². The number of benzene rings is 2. The molecular formula is C20H21N3O. The smallest absolute Gasteiger partial charge is 0.219 e. The fourth-order valence-electron chi connectivity index (χ4n) is 3.37. The van der Waals surface area contributed by atoms with Crippen molar-refractivity contribution < 1.29 is 4.79 Å². The van der Waals surface area contributed by atoms with Crippen LogP contribution in [0.4, 0.5) is 0 Å². The Hall–Kier alpha value is -2.62. The Kier molecular flexibility index (Phi) is 3.81. The first-order valence-corrected chi connectivity index (χ1v) is 8.40. The molecule has 0 bridgehead atoms. The van der Waals surface area contributed by atoms with E-state index in [-0.39, 0.29) is 5.91 Å². The highest BCUT2D eigenvalue weighted by molar-refractivity contribution is 6.10. The summed E-state index contributed by atoms with van der Waals surface area (Å²) in [6.45, 7) is 5.04. The second-order valence-corrected chi connectivity index (χ2v) is 6.62. The molecule has 4 heteroatoms. The van der Waals surface area contributed by atoms with E-state index in [1.807, 2.05) is 4.90 Å². The summed E-state index contributed by atoms with van der Waals surface area (Å²) in [6.07, 6.45) is 4.23. The van der Waals surface area contributed by atoms with Crippen molar-refractivity contribution in [3.63, 3.8) is 0 Å². The maximum atomic E-state index is 11.2. The molecule has 2 heterocycles. The largest absolute Gasteiger partial charge is 0.358 e. The second kappa shape index (κ2) is 6.11. The summed E-state index contributed by atoms with van der Waals surface area (Å²) in [5, 5.41) is 2.50. The molecule has 2 aliphatic rings. The minimum absolute atomic E-state index is 0.178. The molecule has 2 aromatic rings. The summed E-state index contributed by atoms with van der Waals surface area (Å²) in [7, 11) is 0. The molecule has 0 atom stereocenters. The van der Waals surface area contributed by atoms with E-state index in [4.69, 9.17) is 4.99 Å². The zero-order valence-corrected chi connectivity index (χ0v) is 13.9. The van der Waals surface area contributed by atoms with Crippen LogP contribution in [0.2, 0.25) is 0 Å². The van der Waals surface area contributed by atoms with E-state index in [1.165, 1.54) is 10.8 Å². The standard InChI is InChI=1S/C20H21N3O/c1-15(24)23-12-16(13-23)11-22-9-8-20(21-14-22)19-7-6-17-4-2-3-5-18(17)10-19/h2-10,16H,11-14H2,1H3. The maximum absolute atomic E-state index is 11.2. The highest BCUT2D eigenvalue weighted by Crippen LogP contribution is 2.20. The van der Waals surface area contributed by atoms with Gasteiger partial charge in [-0.1, -0.05) is 36.4 Å². The van der Waals surface area contributed by atoms with Gasteiger partial charge in [-0.3, -0.25) is 9.79 Å². The first-order valence-electron chi connectivity index (χ1n) is 8.40. The lowest BCUT2D eigenvalue weighted by molar-refractivity contribution is -0.135. The third kappa shape index (κ3) is 2.92. The van der Waals surface area contributed by atoms with Crippen LogP contribution in [0.25, 0.3) is 10.8 Å². The Morgan fingerprint density at radius 2 is 1.96 bits per heavy atom. The predicted octanol–water partition coefficient (Wildman–Crippen LogP) is 2.89. The minimum Gasteiger partial charge on any atom is -0.358 e. The Morgan fingerprint density at radius 1 is 1.17 bits per heavy atom. The molecule has 0 radical (unpaired) electrons. The van der Waals surface area contributed by atoms with E-state index in [0.29, 0.717) is 12.6 Å². The average molecular weight is 319 g/mol. The summed E-state index contributed by atoms with van der Waals surface area (Å²) < 4.78 is 0. The fourth-order valence-corrected chi connectivity index (χ4v) is 3.37. The molecule has 1 fully saturated rings. The fraction of sp³-hybridized carbons (Fsp3) is 0.300. The third-order valence-electron chi connectivity index (χ3n) is 4.81. The Morgan fingerprint density at radius 3 is 2.67 bits per heavy atom. The number of carbonyl (C=O) groups excluding carboxylic acids is 1. The normalized spacial score (nSPS) is 17.8. The minimum atomic E-state index is 0.178. The van der Waals surface area contributed by atoms with Crippen molar-refractivity contribution in [1.29, 1.82) is 0 Å². The lowest BCUT2D eigenvalue weighted by atomic mass is 9.99. The van der Waals surface area contributed by atoms with Gasteiger partial charge < -0.3 is 9.80 Å². The lowest BCUT2D eigenvalue weighted by Gasteiger charge is -2.41. The van der Waals surface area contributed by atoms with Gasteiger partial charge in [0.15, 0.2) is 0 Å². The lowest BCUT2D eigenvalue weighted by Crippen LogP contribution is -2.52. The topological polar surface area (TPSA) is 35.9 Å².